The SMILES string of the molecule is CC(=O)c1cccc(NC(=O)c2ccccc2-c2ccccc2)c1. The van der Waals surface area contributed by atoms with E-state index < -0.39 is 0 Å². The van der Waals surface area contributed by atoms with Crippen LogP contribution in [0.2, 0.25) is 0 Å². The molecule has 0 aliphatic carbocycles. The molecule has 0 aromatic heterocycles. The molecule has 0 aliphatic rings. The molecular formula is C21H17NO2. The number of rotatable bonds is 4. The van der Waals surface area contributed by atoms with E-state index >= 15 is 0 Å². The van der Waals surface area contributed by atoms with Crippen molar-refractivity contribution < 1.29 is 9.59 Å². The fraction of sp³-hybridized carbons (Fsp3) is 0.0476. The Balaban J connectivity index is 1.92. The molecule has 0 aliphatic heterocycles. The van der Waals surface area contributed by atoms with Crippen molar-refractivity contribution in [2.45, 2.75) is 6.92 Å². The quantitative estimate of drug-likeness (QED) is 0.702. The fourth-order valence-corrected chi connectivity index (χ4v) is 2.56. The van der Waals surface area contributed by atoms with E-state index in [0.29, 0.717) is 16.8 Å². The second kappa shape index (κ2) is 6.92. The zero-order valence-corrected chi connectivity index (χ0v) is 13.3. The van der Waals surface area contributed by atoms with Crippen LogP contribution in [0.1, 0.15) is 27.6 Å². The molecule has 3 rings (SSSR count). The number of anilines is 1. The predicted molar refractivity (Wildman–Crippen MR) is 96.3 cm³/mol. The molecular weight excluding hydrogens is 298 g/mol. The second-order valence-electron chi connectivity index (χ2n) is 5.50. The molecule has 118 valence electrons. The average molecular weight is 315 g/mol. The molecule has 0 fully saturated rings. The lowest BCUT2D eigenvalue weighted by molar-refractivity contribution is 0.101. The van der Waals surface area contributed by atoms with Crippen LogP contribution in [0.4, 0.5) is 5.69 Å². The second-order valence-corrected chi connectivity index (χ2v) is 5.50. The Morgan fingerprint density at radius 1 is 0.792 bits per heavy atom. The van der Waals surface area contributed by atoms with Crippen LogP contribution >= 0.6 is 0 Å². The van der Waals surface area contributed by atoms with Crippen molar-refractivity contribution in [2.24, 2.45) is 0 Å². The first kappa shape index (κ1) is 15.7. The topological polar surface area (TPSA) is 46.2 Å². The van der Waals surface area contributed by atoms with Gasteiger partial charge < -0.3 is 5.32 Å². The van der Waals surface area contributed by atoms with Crippen LogP contribution in [0, 0.1) is 0 Å². The Bertz CT molecular complexity index is 885. The Hall–Kier alpha value is -3.20. The molecule has 0 saturated carbocycles. The molecule has 0 bridgehead atoms. The zero-order chi connectivity index (χ0) is 16.9. The third kappa shape index (κ3) is 3.41. The summed E-state index contributed by atoms with van der Waals surface area (Å²) < 4.78 is 0. The molecule has 3 aromatic carbocycles. The standard InChI is InChI=1S/C21H17NO2/c1-15(23)17-10-7-11-18(14-17)22-21(24)20-13-6-5-12-19(20)16-8-3-2-4-9-16/h2-14H,1H3,(H,22,24). The third-order valence-corrected chi connectivity index (χ3v) is 3.78. The zero-order valence-electron chi connectivity index (χ0n) is 13.3. The lowest BCUT2D eigenvalue weighted by Crippen LogP contribution is -2.13. The van der Waals surface area contributed by atoms with Crippen LogP contribution in [0.5, 0.6) is 0 Å². The van der Waals surface area contributed by atoms with E-state index in [4.69, 9.17) is 0 Å². The van der Waals surface area contributed by atoms with Crippen LogP contribution in [-0.4, -0.2) is 11.7 Å². The van der Waals surface area contributed by atoms with Gasteiger partial charge in [-0.2, -0.15) is 0 Å². The van der Waals surface area contributed by atoms with Crippen molar-refractivity contribution in [3.8, 4) is 11.1 Å². The Kier molecular flexibility index (Phi) is 4.52. The van der Waals surface area contributed by atoms with E-state index in [1.54, 1.807) is 30.3 Å². The van der Waals surface area contributed by atoms with E-state index in [0.717, 1.165) is 11.1 Å². The number of ketones is 1. The summed E-state index contributed by atoms with van der Waals surface area (Å²) in [5, 5.41) is 2.87. The molecule has 0 radical (unpaired) electrons. The Morgan fingerprint density at radius 2 is 1.50 bits per heavy atom. The van der Waals surface area contributed by atoms with Crippen molar-refractivity contribution in [1.82, 2.24) is 0 Å². The van der Waals surface area contributed by atoms with E-state index in [1.807, 2.05) is 48.5 Å². The van der Waals surface area contributed by atoms with Crippen LogP contribution in [0.25, 0.3) is 11.1 Å². The minimum atomic E-state index is -0.199. The van der Waals surface area contributed by atoms with Gasteiger partial charge in [0.1, 0.15) is 0 Å². The molecule has 0 saturated heterocycles. The summed E-state index contributed by atoms with van der Waals surface area (Å²) in [6.07, 6.45) is 0. The largest absolute Gasteiger partial charge is 0.322 e. The Morgan fingerprint density at radius 3 is 2.25 bits per heavy atom. The number of nitrogens with one attached hydrogen (secondary N) is 1. The molecule has 0 atom stereocenters. The van der Waals surface area contributed by atoms with Gasteiger partial charge >= 0.3 is 0 Å². The maximum absolute atomic E-state index is 12.7. The minimum absolute atomic E-state index is 0.0317. The van der Waals surface area contributed by atoms with Crippen molar-refractivity contribution in [1.29, 1.82) is 0 Å². The fourth-order valence-electron chi connectivity index (χ4n) is 2.56. The van der Waals surface area contributed by atoms with E-state index in [2.05, 4.69) is 5.32 Å². The van der Waals surface area contributed by atoms with E-state index in [9.17, 15) is 9.59 Å². The molecule has 3 nitrogen and oxygen atoms in total. The van der Waals surface area contributed by atoms with Crippen LogP contribution < -0.4 is 5.32 Å². The number of Topliss-reactive ketones (excluding diaryl/α,β-unsaturated/α-hetero) is 1. The van der Waals surface area contributed by atoms with Gasteiger partial charge in [-0.3, -0.25) is 9.59 Å². The van der Waals surface area contributed by atoms with Gasteiger partial charge in [-0.1, -0.05) is 60.7 Å². The number of amides is 1. The summed E-state index contributed by atoms with van der Waals surface area (Å²) in [4.78, 5) is 24.2. The lowest BCUT2D eigenvalue weighted by Gasteiger charge is -2.11. The maximum atomic E-state index is 12.7. The number of carbonyl (C=O) groups is 2. The summed E-state index contributed by atoms with van der Waals surface area (Å²) in [5.74, 6) is -0.231. The molecule has 1 N–H and O–H groups in total. The van der Waals surface area contributed by atoms with E-state index in [1.165, 1.54) is 6.92 Å². The minimum Gasteiger partial charge on any atom is -0.322 e. The molecule has 24 heavy (non-hydrogen) atoms. The van der Waals surface area contributed by atoms with Gasteiger partial charge in [0.15, 0.2) is 5.78 Å². The highest BCUT2D eigenvalue weighted by atomic mass is 16.1. The van der Waals surface area contributed by atoms with Crippen molar-refractivity contribution in [3.05, 3.63) is 90.0 Å². The van der Waals surface area contributed by atoms with Gasteiger partial charge in [0.25, 0.3) is 5.91 Å². The first-order chi connectivity index (χ1) is 11.6. The number of benzene rings is 3. The van der Waals surface area contributed by atoms with Gasteiger partial charge in [0, 0.05) is 16.8 Å². The molecule has 3 aromatic rings. The number of hydrogen-bond acceptors (Lipinski definition) is 2. The highest BCUT2D eigenvalue weighted by molar-refractivity contribution is 6.09. The summed E-state index contributed by atoms with van der Waals surface area (Å²) >= 11 is 0. The van der Waals surface area contributed by atoms with Gasteiger partial charge in [0.2, 0.25) is 0 Å². The highest BCUT2D eigenvalue weighted by Gasteiger charge is 2.13. The monoisotopic (exact) mass is 315 g/mol. The van der Waals surface area contributed by atoms with E-state index in [-0.39, 0.29) is 11.7 Å². The summed E-state index contributed by atoms with van der Waals surface area (Å²) in [6, 6.07) is 24.2. The van der Waals surface area contributed by atoms with Gasteiger partial charge in [-0.25, -0.2) is 0 Å². The van der Waals surface area contributed by atoms with Gasteiger partial charge in [0.05, 0.1) is 0 Å². The first-order valence-corrected chi connectivity index (χ1v) is 7.72. The number of carbonyl (C=O) groups excluding carboxylic acids is 2. The smallest absolute Gasteiger partial charge is 0.256 e. The molecule has 3 heteroatoms. The normalized spacial score (nSPS) is 10.2. The highest BCUT2D eigenvalue weighted by Crippen LogP contribution is 2.24. The van der Waals surface area contributed by atoms with Gasteiger partial charge in [-0.05, 0) is 36.2 Å². The Labute approximate surface area is 141 Å². The molecule has 0 spiro atoms. The van der Waals surface area contributed by atoms with Crippen LogP contribution in [0.3, 0.4) is 0 Å². The van der Waals surface area contributed by atoms with Crippen molar-refractivity contribution in [2.75, 3.05) is 5.32 Å². The predicted octanol–water partition coefficient (Wildman–Crippen LogP) is 4.81. The van der Waals surface area contributed by atoms with Gasteiger partial charge in [-0.15, -0.1) is 0 Å². The molecule has 0 heterocycles. The maximum Gasteiger partial charge on any atom is 0.256 e. The average Bonchev–Trinajstić information content (AvgIpc) is 2.62. The summed E-state index contributed by atoms with van der Waals surface area (Å²) in [5.41, 5.74) is 3.63. The summed E-state index contributed by atoms with van der Waals surface area (Å²) in [7, 11) is 0. The first-order valence-electron chi connectivity index (χ1n) is 7.72. The van der Waals surface area contributed by atoms with Crippen molar-refractivity contribution in [3.63, 3.8) is 0 Å². The van der Waals surface area contributed by atoms with Crippen LogP contribution in [-0.2, 0) is 0 Å². The molecule has 0 unspecified atom stereocenters. The van der Waals surface area contributed by atoms with Crippen molar-refractivity contribution >= 4 is 17.4 Å². The third-order valence-electron chi connectivity index (χ3n) is 3.78. The molecule has 1 amide bonds. The number of hydrogen-bond donors (Lipinski definition) is 1. The lowest BCUT2D eigenvalue weighted by atomic mass is 9.99. The van der Waals surface area contributed by atoms with Crippen LogP contribution in [0.15, 0.2) is 78.9 Å². The summed E-state index contributed by atoms with van der Waals surface area (Å²) in [6.45, 7) is 1.51.